The minimum atomic E-state index is -3.04. The molecule has 0 unspecified atom stereocenters. The van der Waals surface area contributed by atoms with Crippen molar-refractivity contribution >= 4 is 27.6 Å². The van der Waals surface area contributed by atoms with Gasteiger partial charge in [-0.05, 0) is 49.6 Å². The number of carbonyl (C=O) groups excluding carboxylic acids is 1. The van der Waals surface area contributed by atoms with Crippen molar-refractivity contribution in [2.75, 3.05) is 19.8 Å². The van der Waals surface area contributed by atoms with Gasteiger partial charge in [-0.15, -0.1) is 0 Å². The molecule has 0 spiro atoms. The van der Waals surface area contributed by atoms with Crippen molar-refractivity contribution < 1.29 is 32.5 Å². The first-order chi connectivity index (χ1) is 21.5. The number of carbonyl (C=O) groups is 1. The number of fused-ring (bicyclic) bond motifs is 3. The van der Waals surface area contributed by atoms with E-state index in [0.29, 0.717) is 55.1 Å². The van der Waals surface area contributed by atoms with Gasteiger partial charge in [-0.2, -0.15) is 13.9 Å². The van der Waals surface area contributed by atoms with Crippen molar-refractivity contribution in [1.82, 2.24) is 14.3 Å². The molecule has 0 fully saturated rings. The fourth-order valence-corrected chi connectivity index (χ4v) is 6.14. The van der Waals surface area contributed by atoms with Gasteiger partial charge in [-0.1, -0.05) is 54.6 Å². The summed E-state index contributed by atoms with van der Waals surface area (Å²) in [5.74, 6) is 0.341. The molecule has 0 bridgehead atoms. The lowest BCUT2D eigenvalue weighted by atomic mass is 9.99. The minimum Gasteiger partial charge on any atom is -0.493 e. The number of alkyl halides is 2. The van der Waals surface area contributed by atoms with Crippen molar-refractivity contribution in [2.24, 2.45) is 7.05 Å². The summed E-state index contributed by atoms with van der Waals surface area (Å²) in [6, 6.07) is 19.8. The Hall–Kier alpha value is -4.44. The van der Waals surface area contributed by atoms with E-state index in [1.54, 1.807) is 14.0 Å². The van der Waals surface area contributed by atoms with Gasteiger partial charge in [0, 0.05) is 36.5 Å². The quantitative estimate of drug-likeness (QED) is 0.130. The van der Waals surface area contributed by atoms with Crippen LogP contribution in [0.5, 0.6) is 11.6 Å². The third-order valence-corrected chi connectivity index (χ3v) is 7.93. The van der Waals surface area contributed by atoms with Crippen LogP contribution in [0.15, 0.2) is 60.7 Å². The summed E-state index contributed by atoms with van der Waals surface area (Å²) >= 11 is 0. The van der Waals surface area contributed by atoms with Crippen molar-refractivity contribution in [1.29, 1.82) is 0 Å². The Kier molecular flexibility index (Phi) is 8.79. The fraction of sp³-hybridized carbons (Fsp3) is 0.353. The SMILES string of the molecule is CCOC(=O)c1c(CCCOc2cccc3ccccc23)c2cccc3c2n1CCCCOCc1nn(C)c(OC(F)F)c1-3. The van der Waals surface area contributed by atoms with Crippen LogP contribution < -0.4 is 9.47 Å². The lowest BCUT2D eigenvalue weighted by Gasteiger charge is -2.14. The largest absolute Gasteiger partial charge is 0.493 e. The van der Waals surface area contributed by atoms with Crippen molar-refractivity contribution in [3.8, 4) is 22.8 Å². The molecule has 6 rings (SSSR count). The summed E-state index contributed by atoms with van der Waals surface area (Å²) < 4.78 is 53.2. The van der Waals surface area contributed by atoms with Crippen LogP contribution in [-0.4, -0.2) is 46.7 Å². The Labute approximate surface area is 254 Å². The first-order valence-electron chi connectivity index (χ1n) is 15.0. The normalized spacial score (nSPS) is 13.6. The molecule has 2 aromatic heterocycles. The van der Waals surface area contributed by atoms with E-state index >= 15 is 0 Å². The van der Waals surface area contributed by atoms with Gasteiger partial charge in [0.2, 0.25) is 5.88 Å². The standard InChI is InChI=1S/C34H35F2N3O5/c1-3-42-33(40)31-25(16-10-20-43-28-17-8-12-22-11-4-5-13-23(22)28)24-14-9-15-26-29-27(37-38(2)32(29)44-34(35)36)21-41-19-7-6-18-39(31)30(24)26/h4-5,8-9,11-15,17,34H,3,6-7,10,16,18-21H2,1-2H3. The number of hydrogen-bond donors (Lipinski definition) is 0. The molecule has 44 heavy (non-hydrogen) atoms. The molecule has 0 amide bonds. The Balaban J connectivity index is 1.44. The number of rotatable bonds is 9. The molecule has 3 heterocycles. The van der Waals surface area contributed by atoms with Gasteiger partial charge in [-0.25, -0.2) is 9.48 Å². The van der Waals surface area contributed by atoms with Gasteiger partial charge in [0.05, 0.1) is 30.9 Å². The van der Waals surface area contributed by atoms with Crippen molar-refractivity contribution in [3.05, 3.63) is 77.6 Å². The van der Waals surface area contributed by atoms with E-state index in [4.69, 9.17) is 18.9 Å². The van der Waals surface area contributed by atoms with E-state index in [9.17, 15) is 13.6 Å². The Morgan fingerprint density at radius 3 is 2.68 bits per heavy atom. The highest BCUT2D eigenvalue weighted by Crippen LogP contribution is 2.42. The molecule has 10 heteroatoms. The molecular formula is C34H35F2N3O5. The molecule has 0 aliphatic carbocycles. The number of ether oxygens (including phenoxy) is 4. The average molecular weight is 604 g/mol. The monoisotopic (exact) mass is 603 g/mol. The zero-order valence-electron chi connectivity index (χ0n) is 24.9. The molecule has 230 valence electrons. The molecule has 1 aliphatic rings. The van der Waals surface area contributed by atoms with Crippen LogP contribution in [0.4, 0.5) is 8.78 Å². The molecule has 0 saturated carbocycles. The van der Waals surface area contributed by atoms with Crippen LogP contribution in [0.1, 0.15) is 47.9 Å². The summed E-state index contributed by atoms with van der Waals surface area (Å²) in [4.78, 5) is 13.6. The van der Waals surface area contributed by atoms with E-state index in [1.807, 2.05) is 53.1 Å². The zero-order valence-corrected chi connectivity index (χ0v) is 24.9. The van der Waals surface area contributed by atoms with Crippen LogP contribution in [-0.2, 0) is 36.1 Å². The maximum absolute atomic E-state index is 13.6. The topological polar surface area (TPSA) is 76.7 Å². The van der Waals surface area contributed by atoms with E-state index in [0.717, 1.165) is 45.8 Å². The Bertz CT molecular complexity index is 1790. The van der Waals surface area contributed by atoms with E-state index in [-0.39, 0.29) is 19.1 Å². The summed E-state index contributed by atoms with van der Waals surface area (Å²) in [7, 11) is 1.57. The maximum Gasteiger partial charge on any atom is 0.388 e. The molecule has 0 atom stereocenters. The van der Waals surface area contributed by atoms with Crippen molar-refractivity contribution in [2.45, 2.75) is 52.4 Å². The van der Waals surface area contributed by atoms with Gasteiger partial charge in [-0.3, -0.25) is 0 Å². The van der Waals surface area contributed by atoms with Crippen LogP contribution >= 0.6 is 0 Å². The molecule has 0 N–H and O–H groups in total. The van der Waals surface area contributed by atoms with Gasteiger partial charge < -0.3 is 23.5 Å². The maximum atomic E-state index is 13.6. The molecule has 3 aromatic carbocycles. The lowest BCUT2D eigenvalue weighted by molar-refractivity contribution is -0.0549. The zero-order chi connectivity index (χ0) is 30.6. The second kappa shape index (κ2) is 13.1. The molecule has 1 aliphatic heterocycles. The lowest BCUT2D eigenvalue weighted by Crippen LogP contribution is -2.15. The van der Waals surface area contributed by atoms with Crippen LogP contribution in [0.25, 0.3) is 32.8 Å². The van der Waals surface area contributed by atoms with Gasteiger partial charge in [0.25, 0.3) is 0 Å². The fourth-order valence-electron chi connectivity index (χ4n) is 6.14. The molecule has 0 radical (unpaired) electrons. The second-order valence-electron chi connectivity index (χ2n) is 10.7. The molecule has 0 saturated heterocycles. The second-order valence-corrected chi connectivity index (χ2v) is 10.7. The number of hydrogen-bond acceptors (Lipinski definition) is 6. The third-order valence-electron chi connectivity index (χ3n) is 7.93. The van der Waals surface area contributed by atoms with Gasteiger partial charge in [0.15, 0.2) is 0 Å². The number of esters is 1. The Morgan fingerprint density at radius 2 is 1.84 bits per heavy atom. The van der Waals surface area contributed by atoms with E-state index < -0.39 is 12.6 Å². The summed E-state index contributed by atoms with van der Waals surface area (Å²) in [6.45, 7) is 0.558. The number of benzene rings is 3. The number of para-hydroxylation sites is 1. The van der Waals surface area contributed by atoms with Gasteiger partial charge >= 0.3 is 12.6 Å². The highest BCUT2D eigenvalue weighted by atomic mass is 19.3. The number of halogens is 2. The average Bonchev–Trinajstić information content (AvgIpc) is 3.49. The first kappa shape index (κ1) is 29.6. The molecule has 8 nitrogen and oxygen atoms in total. The van der Waals surface area contributed by atoms with Crippen LogP contribution in [0.2, 0.25) is 0 Å². The molecule has 5 aromatic rings. The highest BCUT2D eigenvalue weighted by molar-refractivity contribution is 6.05. The Morgan fingerprint density at radius 1 is 1.05 bits per heavy atom. The number of aromatic nitrogens is 3. The summed E-state index contributed by atoms with van der Waals surface area (Å²) in [5.41, 5.74) is 3.65. The summed E-state index contributed by atoms with van der Waals surface area (Å²) in [5, 5.41) is 7.49. The minimum absolute atomic E-state index is 0.0548. The number of aryl methyl sites for hydroxylation is 3. The van der Waals surface area contributed by atoms with E-state index in [2.05, 4.69) is 17.2 Å². The van der Waals surface area contributed by atoms with Crippen LogP contribution in [0, 0.1) is 0 Å². The summed E-state index contributed by atoms with van der Waals surface area (Å²) in [6.07, 6.45) is 2.70. The third kappa shape index (κ3) is 5.74. The van der Waals surface area contributed by atoms with Crippen LogP contribution in [0.3, 0.4) is 0 Å². The van der Waals surface area contributed by atoms with E-state index in [1.165, 1.54) is 4.68 Å². The molecular weight excluding hydrogens is 568 g/mol. The predicted octanol–water partition coefficient (Wildman–Crippen LogP) is 7.30. The first-order valence-corrected chi connectivity index (χ1v) is 15.0. The highest BCUT2D eigenvalue weighted by Gasteiger charge is 2.30. The predicted molar refractivity (Wildman–Crippen MR) is 163 cm³/mol. The van der Waals surface area contributed by atoms with Crippen molar-refractivity contribution in [3.63, 3.8) is 0 Å². The smallest absolute Gasteiger partial charge is 0.388 e. The number of nitrogens with zero attached hydrogens (tertiary/aromatic N) is 3. The van der Waals surface area contributed by atoms with Gasteiger partial charge in [0.1, 0.15) is 17.1 Å².